The maximum absolute atomic E-state index is 9.74. The largest absolute Gasteiger partial charge is 0.457 e. The molecule has 0 atom stereocenters. The SMILES string of the molecule is CCN(CC)c1ccc2c(c1)OC(=CC1=CC(=C(C#N)C#N)C=C(C=C3C=C(C)c4cc5c6c(c4O3)CCCN6CCC5)O1)C=C2C. The van der Waals surface area contributed by atoms with Crippen LogP contribution < -0.4 is 19.3 Å². The van der Waals surface area contributed by atoms with Crippen LogP contribution in [0.1, 0.15) is 62.8 Å². The van der Waals surface area contributed by atoms with Gasteiger partial charge in [0.15, 0.2) is 0 Å². The van der Waals surface area contributed by atoms with Crippen LogP contribution >= 0.6 is 0 Å². The minimum absolute atomic E-state index is 0.00312. The molecule has 5 aliphatic rings. The topological polar surface area (TPSA) is 81.8 Å². The minimum atomic E-state index is 0.00312. The van der Waals surface area contributed by atoms with E-state index in [1.165, 1.54) is 23.2 Å². The summed E-state index contributed by atoms with van der Waals surface area (Å²) in [6.45, 7) is 12.5. The van der Waals surface area contributed by atoms with Gasteiger partial charge in [-0.15, -0.1) is 0 Å². The van der Waals surface area contributed by atoms with Crippen LogP contribution in [0.4, 0.5) is 11.4 Å². The van der Waals surface area contributed by atoms with Gasteiger partial charge in [-0.25, -0.2) is 0 Å². The highest BCUT2D eigenvalue weighted by Crippen LogP contribution is 2.47. The number of anilines is 2. The Morgan fingerprint density at radius 3 is 2.17 bits per heavy atom. The minimum Gasteiger partial charge on any atom is -0.457 e. The van der Waals surface area contributed by atoms with Crippen LogP contribution in [0.25, 0.3) is 11.1 Å². The van der Waals surface area contributed by atoms with Crippen molar-refractivity contribution in [3.05, 3.63) is 117 Å². The molecule has 0 unspecified atom stereocenters. The van der Waals surface area contributed by atoms with Gasteiger partial charge < -0.3 is 24.0 Å². The summed E-state index contributed by atoms with van der Waals surface area (Å²) in [5.41, 5.74) is 10.1. The molecule has 0 aromatic heterocycles. The van der Waals surface area contributed by atoms with Crippen molar-refractivity contribution in [2.45, 2.75) is 53.4 Å². The van der Waals surface area contributed by atoms with Crippen molar-refractivity contribution in [2.75, 3.05) is 36.0 Å². The standard InChI is InChI=1S/C40H38N4O3/c1-5-43(6-2)30-11-12-35-25(3)15-31(46-38(35)20-30)21-33-17-28(29(23-41)24-42)18-34(45-33)22-32-16-26(4)37-19-27-9-7-13-44-14-8-10-36(39(27)44)40(37)47-32/h11-12,15-22H,5-10,13-14H2,1-4H3. The predicted molar refractivity (Wildman–Crippen MR) is 186 cm³/mol. The molecule has 0 spiro atoms. The summed E-state index contributed by atoms with van der Waals surface area (Å²) in [6.07, 6.45) is 15.5. The second kappa shape index (κ2) is 12.4. The number of nitrogens with zero attached hydrogens (tertiary/aromatic N) is 4. The van der Waals surface area contributed by atoms with Gasteiger partial charge in [0.25, 0.3) is 0 Å². The molecule has 0 saturated carbocycles. The highest BCUT2D eigenvalue weighted by molar-refractivity contribution is 5.81. The van der Waals surface area contributed by atoms with E-state index in [2.05, 4.69) is 61.8 Å². The van der Waals surface area contributed by atoms with E-state index in [1.807, 2.05) is 30.4 Å². The molecule has 0 amide bonds. The van der Waals surface area contributed by atoms with E-state index >= 15 is 0 Å². The van der Waals surface area contributed by atoms with Gasteiger partial charge in [-0.2, -0.15) is 10.5 Å². The number of rotatable bonds is 5. The Morgan fingerprint density at radius 2 is 1.49 bits per heavy atom. The Balaban J connectivity index is 1.22. The molecule has 0 saturated heterocycles. The number of hydrogen-bond acceptors (Lipinski definition) is 7. The normalized spacial score (nSPS) is 19.3. The molecule has 2 aromatic rings. The van der Waals surface area contributed by atoms with E-state index in [4.69, 9.17) is 14.2 Å². The van der Waals surface area contributed by atoms with Crippen LogP contribution in [-0.2, 0) is 17.6 Å². The summed E-state index contributed by atoms with van der Waals surface area (Å²) in [4.78, 5) is 4.80. The first kappa shape index (κ1) is 30.3. The third-order valence-electron chi connectivity index (χ3n) is 9.49. The zero-order valence-corrected chi connectivity index (χ0v) is 27.4. The van der Waals surface area contributed by atoms with Gasteiger partial charge in [0, 0.05) is 78.0 Å². The monoisotopic (exact) mass is 622 g/mol. The van der Waals surface area contributed by atoms with E-state index in [1.54, 1.807) is 18.2 Å². The predicted octanol–water partition coefficient (Wildman–Crippen LogP) is 8.43. The van der Waals surface area contributed by atoms with Crippen molar-refractivity contribution < 1.29 is 14.2 Å². The fraction of sp³-hybridized carbons (Fsp3) is 0.300. The maximum Gasteiger partial charge on any atom is 0.140 e. The van der Waals surface area contributed by atoms with Gasteiger partial charge in [0.1, 0.15) is 52.2 Å². The average Bonchev–Trinajstić information content (AvgIpc) is 3.06. The summed E-state index contributed by atoms with van der Waals surface area (Å²) in [5, 5.41) is 19.5. The number of ether oxygens (including phenoxy) is 3. The third-order valence-corrected chi connectivity index (χ3v) is 9.49. The highest BCUT2D eigenvalue weighted by Gasteiger charge is 2.31. The van der Waals surface area contributed by atoms with Gasteiger partial charge in [-0.05, 0) is 113 Å². The summed E-state index contributed by atoms with van der Waals surface area (Å²) in [6, 6.07) is 12.7. The molecule has 0 bridgehead atoms. The molecule has 0 fully saturated rings. The zero-order chi connectivity index (χ0) is 32.7. The van der Waals surface area contributed by atoms with Crippen LogP contribution in [0.15, 0.2) is 94.9 Å². The Morgan fingerprint density at radius 1 is 0.830 bits per heavy atom. The average molecular weight is 623 g/mol. The van der Waals surface area contributed by atoms with Crippen molar-refractivity contribution in [2.24, 2.45) is 0 Å². The van der Waals surface area contributed by atoms with E-state index in [-0.39, 0.29) is 5.57 Å². The summed E-state index contributed by atoms with van der Waals surface area (Å²) in [7, 11) is 0. The van der Waals surface area contributed by atoms with Gasteiger partial charge >= 0.3 is 0 Å². The fourth-order valence-corrected chi connectivity index (χ4v) is 7.24. The number of allylic oxidation sites excluding steroid dienone is 10. The second-order valence-corrected chi connectivity index (χ2v) is 12.5. The van der Waals surface area contributed by atoms with Crippen molar-refractivity contribution in [3.8, 4) is 23.6 Å². The summed E-state index contributed by atoms with van der Waals surface area (Å²) >= 11 is 0. The molecular formula is C40H38N4O3. The first-order valence-electron chi connectivity index (χ1n) is 16.5. The molecule has 7 rings (SSSR count). The summed E-state index contributed by atoms with van der Waals surface area (Å²) in [5.74, 6) is 3.89. The molecule has 5 heterocycles. The van der Waals surface area contributed by atoms with Gasteiger partial charge in [-0.1, -0.05) is 0 Å². The van der Waals surface area contributed by atoms with E-state index in [0.717, 1.165) is 84.9 Å². The number of fused-ring (bicyclic) bond motifs is 3. The van der Waals surface area contributed by atoms with Crippen molar-refractivity contribution in [1.82, 2.24) is 0 Å². The zero-order valence-electron chi connectivity index (χ0n) is 27.4. The van der Waals surface area contributed by atoms with E-state index < -0.39 is 0 Å². The van der Waals surface area contributed by atoms with Crippen molar-refractivity contribution >= 4 is 22.5 Å². The highest BCUT2D eigenvalue weighted by atomic mass is 16.5. The van der Waals surface area contributed by atoms with Crippen LogP contribution in [0.2, 0.25) is 0 Å². The first-order valence-corrected chi connectivity index (χ1v) is 16.5. The fourth-order valence-electron chi connectivity index (χ4n) is 7.24. The molecule has 0 N–H and O–H groups in total. The molecule has 7 nitrogen and oxygen atoms in total. The lowest BCUT2D eigenvalue weighted by molar-refractivity contribution is 0.322. The summed E-state index contributed by atoms with van der Waals surface area (Å²) < 4.78 is 19.4. The third kappa shape index (κ3) is 5.64. The smallest absolute Gasteiger partial charge is 0.140 e. The first-order chi connectivity index (χ1) is 22.9. The Bertz CT molecular complexity index is 1970. The Hall–Kier alpha value is -5.40. The van der Waals surface area contributed by atoms with Gasteiger partial charge in [0.05, 0.1) is 0 Å². The van der Waals surface area contributed by atoms with E-state index in [0.29, 0.717) is 28.6 Å². The number of nitriles is 2. The van der Waals surface area contributed by atoms with Crippen LogP contribution in [-0.4, -0.2) is 26.2 Å². The van der Waals surface area contributed by atoms with Crippen LogP contribution in [0.5, 0.6) is 11.5 Å². The number of aryl methyl sites for hydroxylation is 1. The molecule has 7 heteroatoms. The molecule has 5 aliphatic heterocycles. The van der Waals surface area contributed by atoms with Crippen molar-refractivity contribution in [1.29, 1.82) is 10.5 Å². The second-order valence-electron chi connectivity index (χ2n) is 12.5. The lowest BCUT2D eigenvalue weighted by Crippen LogP contribution is -2.35. The molecule has 2 aromatic carbocycles. The van der Waals surface area contributed by atoms with Crippen LogP contribution in [0, 0.1) is 22.7 Å². The molecule has 236 valence electrons. The maximum atomic E-state index is 9.74. The lowest BCUT2D eigenvalue weighted by atomic mass is 9.86. The molecule has 0 radical (unpaired) electrons. The van der Waals surface area contributed by atoms with Gasteiger partial charge in [0.2, 0.25) is 0 Å². The number of hydrogen-bond donors (Lipinski definition) is 0. The molecule has 47 heavy (non-hydrogen) atoms. The lowest BCUT2D eigenvalue weighted by Gasteiger charge is -2.39. The van der Waals surface area contributed by atoms with Crippen LogP contribution in [0.3, 0.4) is 0 Å². The van der Waals surface area contributed by atoms with Gasteiger partial charge in [-0.3, -0.25) is 0 Å². The number of benzene rings is 2. The van der Waals surface area contributed by atoms with E-state index in [9.17, 15) is 10.5 Å². The van der Waals surface area contributed by atoms with Crippen molar-refractivity contribution in [3.63, 3.8) is 0 Å². The molecule has 0 aliphatic carbocycles. The Kier molecular flexibility index (Phi) is 8.00. The Labute approximate surface area is 276 Å². The molecular weight excluding hydrogens is 584 g/mol. The quantitative estimate of drug-likeness (QED) is 0.310.